The molecule has 3 heteroatoms. The van der Waals surface area contributed by atoms with Crippen LogP contribution in [0.5, 0.6) is 0 Å². The first-order valence-corrected chi connectivity index (χ1v) is 6.64. The first kappa shape index (κ1) is 11.5. The van der Waals surface area contributed by atoms with Crippen molar-refractivity contribution < 1.29 is 0 Å². The summed E-state index contributed by atoms with van der Waals surface area (Å²) in [7, 11) is 2.05. The van der Waals surface area contributed by atoms with E-state index in [1.807, 2.05) is 10.7 Å². The minimum atomic E-state index is 0.605. The Labute approximate surface area is 108 Å². The molecule has 1 aliphatic heterocycles. The number of aryl methyl sites for hydroxylation is 1. The quantitative estimate of drug-likeness (QED) is 0.875. The molecule has 2 heterocycles. The predicted octanol–water partition coefficient (Wildman–Crippen LogP) is 2.55. The van der Waals surface area contributed by atoms with Gasteiger partial charge in [-0.05, 0) is 25.5 Å². The molecule has 1 fully saturated rings. The minimum absolute atomic E-state index is 0.605. The van der Waals surface area contributed by atoms with Crippen LogP contribution in [0.3, 0.4) is 0 Å². The fourth-order valence-electron chi connectivity index (χ4n) is 2.72. The average Bonchev–Trinajstić information content (AvgIpc) is 2.83. The lowest BCUT2D eigenvalue weighted by atomic mass is 9.95. The zero-order valence-corrected chi connectivity index (χ0v) is 10.8. The monoisotopic (exact) mass is 241 g/mol. The van der Waals surface area contributed by atoms with Gasteiger partial charge in [-0.25, -0.2) is 0 Å². The van der Waals surface area contributed by atoms with Gasteiger partial charge in [-0.15, -0.1) is 0 Å². The van der Waals surface area contributed by atoms with E-state index in [9.17, 15) is 0 Å². The topological polar surface area (TPSA) is 29.9 Å². The number of nitrogens with zero attached hydrogens (tertiary/aromatic N) is 2. The summed E-state index contributed by atoms with van der Waals surface area (Å²) in [5.74, 6) is 0.605. The zero-order chi connectivity index (χ0) is 12.4. The van der Waals surface area contributed by atoms with E-state index in [1.54, 1.807) is 0 Å². The maximum Gasteiger partial charge on any atom is 0.0926 e. The summed E-state index contributed by atoms with van der Waals surface area (Å²) in [6.07, 6.45) is 2.53. The first-order valence-electron chi connectivity index (χ1n) is 6.64. The molecule has 1 aliphatic rings. The second-order valence-corrected chi connectivity index (χ2v) is 4.99. The molecule has 2 aromatic rings. The third-order valence-corrected chi connectivity index (χ3v) is 3.70. The van der Waals surface area contributed by atoms with Gasteiger partial charge in [-0.3, -0.25) is 4.68 Å². The van der Waals surface area contributed by atoms with Crippen LogP contribution in [0.15, 0.2) is 36.4 Å². The maximum absolute atomic E-state index is 4.64. The molecule has 0 saturated carbocycles. The molecule has 0 amide bonds. The molecule has 94 valence electrons. The Morgan fingerprint density at radius 2 is 2.11 bits per heavy atom. The number of rotatable bonds is 2. The van der Waals surface area contributed by atoms with E-state index >= 15 is 0 Å². The van der Waals surface area contributed by atoms with Crippen molar-refractivity contribution >= 4 is 0 Å². The number of hydrogen-bond acceptors (Lipinski definition) is 2. The van der Waals surface area contributed by atoms with Crippen molar-refractivity contribution in [1.29, 1.82) is 0 Å². The van der Waals surface area contributed by atoms with Gasteiger partial charge in [0.1, 0.15) is 0 Å². The van der Waals surface area contributed by atoms with Gasteiger partial charge in [0.15, 0.2) is 0 Å². The van der Waals surface area contributed by atoms with Crippen molar-refractivity contribution in [2.45, 2.75) is 18.8 Å². The average molecular weight is 241 g/mol. The van der Waals surface area contributed by atoms with Crippen molar-refractivity contribution in [3.8, 4) is 11.3 Å². The molecule has 0 spiro atoms. The highest BCUT2D eigenvalue weighted by molar-refractivity contribution is 5.59. The second kappa shape index (κ2) is 4.94. The summed E-state index contributed by atoms with van der Waals surface area (Å²) in [6.45, 7) is 2.23. The highest BCUT2D eigenvalue weighted by Crippen LogP contribution is 2.27. The molecule has 1 atom stereocenters. The van der Waals surface area contributed by atoms with Gasteiger partial charge in [0.05, 0.1) is 5.69 Å². The smallest absolute Gasteiger partial charge is 0.0926 e. The summed E-state index contributed by atoms with van der Waals surface area (Å²) in [5, 5.41) is 8.11. The SMILES string of the molecule is Cn1nc(-c2ccccc2)cc1C1CCCNC1. The van der Waals surface area contributed by atoms with Crippen LogP contribution in [-0.4, -0.2) is 22.9 Å². The van der Waals surface area contributed by atoms with E-state index < -0.39 is 0 Å². The van der Waals surface area contributed by atoms with Gasteiger partial charge in [-0.2, -0.15) is 5.10 Å². The minimum Gasteiger partial charge on any atom is -0.316 e. The largest absolute Gasteiger partial charge is 0.316 e. The molecule has 1 N–H and O–H groups in total. The predicted molar refractivity (Wildman–Crippen MR) is 73.5 cm³/mol. The van der Waals surface area contributed by atoms with Gasteiger partial charge in [0.2, 0.25) is 0 Å². The van der Waals surface area contributed by atoms with Crippen LogP contribution in [0, 0.1) is 0 Å². The highest BCUT2D eigenvalue weighted by atomic mass is 15.3. The van der Waals surface area contributed by atoms with E-state index in [-0.39, 0.29) is 0 Å². The van der Waals surface area contributed by atoms with Crippen molar-refractivity contribution in [1.82, 2.24) is 15.1 Å². The van der Waals surface area contributed by atoms with Gasteiger partial charge in [0, 0.05) is 30.8 Å². The number of aromatic nitrogens is 2. The molecule has 1 aromatic heterocycles. The highest BCUT2D eigenvalue weighted by Gasteiger charge is 2.19. The van der Waals surface area contributed by atoms with Crippen molar-refractivity contribution in [3.63, 3.8) is 0 Å². The Morgan fingerprint density at radius 1 is 1.28 bits per heavy atom. The zero-order valence-electron chi connectivity index (χ0n) is 10.8. The van der Waals surface area contributed by atoms with Crippen LogP contribution in [0.2, 0.25) is 0 Å². The molecular formula is C15H19N3. The fraction of sp³-hybridized carbons (Fsp3) is 0.400. The summed E-state index contributed by atoms with van der Waals surface area (Å²) < 4.78 is 2.04. The maximum atomic E-state index is 4.64. The van der Waals surface area contributed by atoms with Gasteiger partial charge >= 0.3 is 0 Å². The number of nitrogens with one attached hydrogen (secondary N) is 1. The Morgan fingerprint density at radius 3 is 2.83 bits per heavy atom. The number of benzene rings is 1. The summed E-state index contributed by atoms with van der Waals surface area (Å²) in [4.78, 5) is 0. The van der Waals surface area contributed by atoms with Crippen LogP contribution in [-0.2, 0) is 7.05 Å². The third kappa shape index (κ3) is 2.18. The summed E-state index contributed by atoms with van der Waals surface area (Å²) in [5.41, 5.74) is 3.63. The van der Waals surface area contributed by atoms with E-state index in [4.69, 9.17) is 0 Å². The molecule has 18 heavy (non-hydrogen) atoms. The first-order chi connectivity index (χ1) is 8.84. The van der Waals surface area contributed by atoms with Crippen molar-refractivity contribution in [2.24, 2.45) is 7.05 Å². The van der Waals surface area contributed by atoms with E-state index in [0.717, 1.165) is 18.8 Å². The van der Waals surface area contributed by atoms with Crippen LogP contribution in [0.4, 0.5) is 0 Å². The normalized spacial score (nSPS) is 19.9. The Bertz CT molecular complexity index is 510. The number of hydrogen-bond donors (Lipinski definition) is 1. The van der Waals surface area contributed by atoms with Gasteiger partial charge < -0.3 is 5.32 Å². The molecule has 0 aliphatic carbocycles. The standard InChI is InChI=1S/C15H19N3/c1-18-15(13-8-5-9-16-11-13)10-14(17-18)12-6-3-2-4-7-12/h2-4,6-7,10,13,16H,5,8-9,11H2,1H3. The molecule has 1 unspecified atom stereocenters. The molecule has 1 saturated heterocycles. The van der Waals surface area contributed by atoms with Crippen molar-refractivity contribution in [3.05, 3.63) is 42.1 Å². The molecule has 0 bridgehead atoms. The van der Waals surface area contributed by atoms with Crippen molar-refractivity contribution in [2.75, 3.05) is 13.1 Å². The molecule has 1 aromatic carbocycles. The Hall–Kier alpha value is -1.61. The van der Waals surface area contributed by atoms with Gasteiger partial charge in [-0.1, -0.05) is 30.3 Å². The van der Waals surface area contributed by atoms with Crippen LogP contribution >= 0.6 is 0 Å². The summed E-state index contributed by atoms with van der Waals surface area (Å²) >= 11 is 0. The van der Waals surface area contributed by atoms with E-state index in [0.29, 0.717) is 5.92 Å². The molecule has 3 rings (SSSR count). The lowest BCUT2D eigenvalue weighted by molar-refractivity contribution is 0.441. The van der Waals surface area contributed by atoms with Crippen LogP contribution in [0.25, 0.3) is 11.3 Å². The van der Waals surface area contributed by atoms with E-state index in [1.165, 1.54) is 24.1 Å². The Kier molecular flexibility index (Phi) is 3.15. The molecule has 3 nitrogen and oxygen atoms in total. The lowest BCUT2D eigenvalue weighted by Crippen LogP contribution is -2.29. The molecule has 0 radical (unpaired) electrons. The molecular weight excluding hydrogens is 222 g/mol. The van der Waals surface area contributed by atoms with Gasteiger partial charge in [0.25, 0.3) is 0 Å². The third-order valence-electron chi connectivity index (χ3n) is 3.70. The lowest BCUT2D eigenvalue weighted by Gasteiger charge is -2.22. The fourth-order valence-corrected chi connectivity index (χ4v) is 2.72. The van der Waals surface area contributed by atoms with E-state index in [2.05, 4.69) is 47.8 Å². The van der Waals surface area contributed by atoms with Crippen LogP contribution < -0.4 is 5.32 Å². The second-order valence-electron chi connectivity index (χ2n) is 4.99. The summed E-state index contributed by atoms with van der Waals surface area (Å²) in [6, 6.07) is 12.6. The Balaban J connectivity index is 1.91. The van der Waals surface area contributed by atoms with Crippen LogP contribution in [0.1, 0.15) is 24.5 Å². The number of piperidine rings is 1.